The molecular formula is C12H19NOS. The average Bonchev–Trinajstić information content (AvgIpc) is 2.18. The van der Waals surface area contributed by atoms with E-state index in [1.54, 1.807) is 0 Å². The molecule has 3 heteroatoms. The van der Waals surface area contributed by atoms with Gasteiger partial charge in [0.05, 0.1) is 10.8 Å². The average molecular weight is 225 g/mol. The van der Waals surface area contributed by atoms with E-state index in [0.717, 1.165) is 4.90 Å². The predicted molar refractivity (Wildman–Crippen MR) is 65.3 cm³/mol. The van der Waals surface area contributed by atoms with Crippen LogP contribution in [0.5, 0.6) is 0 Å². The molecule has 0 aliphatic carbocycles. The molecule has 1 rings (SSSR count). The van der Waals surface area contributed by atoms with Crippen molar-refractivity contribution in [2.45, 2.75) is 31.7 Å². The van der Waals surface area contributed by atoms with Crippen molar-refractivity contribution in [2.24, 2.45) is 11.7 Å². The highest BCUT2D eigenvalue weighted by molar-refractivity contribution is 7.85. The van der Waals surface area contributed by atoms with Gasteiger partial charge in [-0.05, 0) is 25.0 Å². The second-order valence-corrected chi connectivity index (χ2v) is 5.73. The first kappa shape index (κ1) is 12.4. The van der Waals surface area contributed by atoms with Crippen LogP contribution in [-0.4, -0.2) is 16.0 Å². The molecular weight excluding hydrogens is 206 g/mol. The minimum atomic E-state index is -0.967. The molecule has 0 aliphatic heterocycles. The third kappa shape index (κ3) is 3.76. The zero-order valence-electron chi connectivity index (χ0n) is 9.57. The highest BCUT2D eigenvalue weighted by atomic mass is 32.2. The van der Waals surface area contributed by atoms with Gasteiger partial charge < -0.3 is 5.73 Å². The predicted octanol–water partition coefficient (Wildman–Crippen LogP) is 2.09. The van der Waals surface area contributed by atoms with Gasteiger partial charge in [-0.15, -0.1) is 0 Å². The second-order valence-electron chi connectivity index (χ2n) is 4.23. The zero-order valence-corrected chi connectivity index (χ0v) is 10.4. The summed E-state index contributed by atoms with van der Waals surface area (Å²) < 4.78 is 11.9. The van der Waals surface area contributed by atoms with Crippen LogP contribution in [0.4, 0.5) is 0 Å². The van der Waals surface area contributed by atoms with Crippen LogP contribution in [0.15, 0.2) is 29.2 Å². The van der Waals surface area contributed by atoms with Gasteiger partial charge in [0, 0.05) is 16.7 Å². The molecule has 2 nitrogen and oxygen atoms in total. The van der Waals surface area contributed by atoms with E-state index in [4.69, 9.17) is 5.73 Å². The van der Waals surface area contributed by atoms with Crippen LogP contribution in [-0.2, 0) is 10.8 Å². The van der Waals surface area contributed by atoms with Crippen molar-refractivity contribution in [3.63, 3.8) is 0 Å². The molecule has 0 fully saturated rings. The number of aryl methyl sites for hydroxylation is 1. The van der Waals surface area contributed by atoms with Crippen LogP contribution in [0, 0.1) is 12.8 Å². The Morgan fingerprint density at radius 3 is 2.27 bits per heavy atom. The number of benzene rings is 1. The fourth-order valence-corrected chi connectivity index (χ4v) is 2.52. The van der Waals surface area contributed by atoms with E-state index < -0.39 is 10.8 Å². The van der Waals surface area contributed by atoms with Crippen molar-refractivity contribution in [2.75, 3.05) is 5.75 Å². The summed E-state index contributed by atoms with van der Waals surface area (Å²) in [7, 11) is -0.967. The Balaban J connectivity index is 2.65. The van der Waals surface area contributed by atoms with Crippen LogP contribution in [0.25, 0.3) is 0 Å². The van der Waals surface area contributed by atoms with Crippen LogP contribution in [0.3, 0.4) is 0 Å². The van der Waals surface area contributed by atoms with Gasteiger partial charge in [-0.25, -0.2) is 0 Å². The van der Waals surface area contributed by atoms with E-state index in [9.17, 15) is 4.21 Å². The molecule has 0 radical (unpaired) electrons. The standard InChI is InChI=1S/C12H19NOS/c1-9(2)12(13)8-15(14)11-6-4-10(3)5-7-11/h4-7,9,12H,8,13H2,1-3H3. The minimum Gasteiger partial charge on any atom is -0.327 e. The Morgan fingerprint density at radius 1 is 1.27 bits per heavy atom. The van der Waals surface area contributed by atoms with Gasteiger partial charge in [-0.2, -0.15) is 0 Å². The normalized spacial score (nSPS) is 15.3. The summed E-state index contributed by atoms with van der Waals surface area (Å²) in [6.45, 7) is 6.13. The largest absolute Gasteiger partial charge is 0.327 e. The van der Waals surface area contributed by atoms with Crippen LogP contribution in [0.2, 0.25) is 0 Å². The second kappa shape index (κ2) is 5.42. The Morgan fingerprint density at radius 2 is 1.80 bits per heavy atom. The number of rotatable bonds is 4. The SMILES string of the molecule is Cc1ccc(S(=O)CC(N)C(C)C)cc1. The Kier molecular flexibility index (Phi) is 4.48. The monoisotopic (exact) mass is 225 g/mol. The molecule has 0 saturated carbocycles. The topological polar surface area (TPSA) is 43.1 Å². The van der Waals surface area contributed by atoms with Crippen molar-refractivity contribution in [3.8, 4) is 0 Å². The zero-order chi connectivity index (χ0) is 11.4. The fourth-order valence-electron chi connectivity index (χ4n) is 1.15. The molecule has 0 heterocycles. The van der Waals surface area contributed by atoms with Crippen molar-refractivity contribution in [3.05, 3.63) is 29.8 Å². The summed E-state index contributed by atoms with van der Waals surface area (Å²) in [4.78, 5) is 0.872. The summed E-state index contributed by atoms with van der Waals surface area (Å²) in [6, 6.07) is 7.80. The Hall–Kier alpha value is -0.670. The van der Waals surface area contributed by atoms with E-state index in [0.29, 0.717) is 11.7 Å². The summed E-state index contributed by atoms with van der Waals surface area (Å²) in [6.07, 6.45) is 0. The molecule has 1 aromatic carbocycles. The molecule has 0 amide bonds. The Bertz CT molecular complexity index is 332. The Labute approximate surface area is 94.3 Å². The summed E-state index contributed by atoms with van der Waals surface area (Å²) in [5, 5.41) is 0. The van der Waals surface area contributed by atoms with Gasteiger partial charge in [-0.3, -0.25) is 4.21 Å². The first-order chi connectivity index (χ1) is 7.00. The first-order valence-corrected chi connectivity index (χ1v) is 6.53. The van der Waals surface area contributed by atoms with Crippen molar-refractivity contribution in [1.29, 1.82) is 0 Å². The van der Waals surface area contributed by atoms with Gasteiger partial charge in [0.1, 0.15) is 0 Å². The third-order valence-corrected chi connectivity index (χ3v) is 3.97. The van der Waals surface area contributed by atoms with Crippen molar-refractivity contribution < 1.29 is 4.21 Å². The molecule has 1 aromatic rings. The van der Waals surface area contributed by atoms with Crippen LogP contribution in [0.1, 0.15) is 19.4 Å². The number of nitrogens with two attached hydrogens (primary N) is 1. The van der Waals surface area contributed by atoms with Crippen LogP contribution >= 0.6 is 0 Å². The van der Waals surface area contributed by atoms with Crippen LogP contribution < -0.4 is 5.73 Å². The molecule has 0 bridgehead atoms. The summed E-state index contributed by atoms with van der Waals surface area (Å²) >= 11 is 0. The maximum absolute atomic E-state index is 11.9. The maximum Gasteiger partial charge on any atom is 0.0545 e. The fraction of sp³-hybridized carbons (Fsp3) is 0.500. The lowest BCUT2D eigenvalue weighted by Crippen LogP contribution is -2.32. The molecule has 0 aromatic heterocycles. The lowest BCUT2D eigenvalue weighted by Gasteiger charge is -2.14. The molecule has 0 saturated heterocycles. The lowest BCUT2D eigenvalue weighted by atomic mass is 10.1. The molecule has 15 heavy (non-hydrogen) atoms. The molecule has 2 atom stereocenters. The van der Waals surface area contributed by atoms with Crippen molar-refractivity contribution in [1.82, 2.24) is 0 Å². The number of hydrogen-bond donors (Lipinski definition) is 1. The van der Waals surface area contributed by atoms with Crippen molar-refractivity contribution >= 4 is 10.8 Å². The smallest absolute Gasteiger partial charge is 0.0545 e. The quantitative estimate of drug-likeness (QED) is 0.852. The van der Waals surface area contributed by atoms with E-state index in [2.05, 4.69) is 13.8 Å². The molecule has 2 unspecified atom stereocenters. The number of hydrogen-bond acceptors (Lipinski definition) is 2. The van der Waals surface area contributed by atoms with E-state index in [1.165, 1.54) is 5.56 Å². The summed E-state index contributed by atoms with van der Waals surface area (Å²) in [5.74, 6) is 0.917. The van der Waals surface area contributed by atoms with Gasteiger partial charge in [0.15, 0.2) is 0 Å². The van der Waals surface area contributed by atoms with Gasteiger partial charge in [-0.1, -0.05) is 31.5 Å². The van der Waals surface area contributed by atoms with Gasteiger partial charge in [0.2, 0.25) is 0 Å². The lowest BCUT2D eigenvalue weighted by molar-refractivity contribution is 0.530. The molecule has 0 aliphatic rings. The van der Waals surface area contributed by atoms with E-state index in [1.807, 2.05) is 31.2 Å². The first-order valence-electron chi connectivity index (χ1n) is 5.21. The van der Waals surface area contributed by atoms with Gasteiger partial charge >= 0.3 is 0 Å². The third-order valence-electron chi connectivity index (χ3n) is 2.48. The highest BCUT2D eigenvalue weighted by Gasteiger charge is 2.12. The van der Waals surface area contributed by atoms with E-state index in [-0.39, 0.29) is 6.04 Å². The maximum atomic E-state index is 11.9. The van der Waals surface area contributed by atoms with Gasteiger partial charge in [0.25, 0.3) is 0 Å². The summed E-state index contributed by atoms with van der Waals surface area (Å²) in [5.41, 5.74) is 7.08. The molecule has 0 spiro atoms. The molecule has 84 valence electrons. The molecule has 2 N–H and O–H groups in total. The highest BCUT2D eigenvalue weighted by Crippen LogP contribution is 2.11. The van der Waals surface area contributed by atoms with E-state index >= 15 is 0 Å². The minimum absolute atomic E-state index is 0.00661.